The second-order valence-electron chi connectivity index (χ2n) is 8.18. The van der Waals surface area contributed by atoms with Crippen molar-refractivity contribution in [2.45, 2.75) is 53.4 Å². The van der Waals surface area contributed by atoms with E-state index in [1.54, 1.807) is 0 Å². The van der Waals surface area contributed by atoms with E-state index in [2.05, 4.69) is 34.3 Å². The van der Waals surface area contributed by atoms with Crippen molar-refractivity contribution < 1.29 is 4.79 Å². The summed E-state index contributed by atoms with van der Waals surface area (Å²) in [6, 6.07) is 6.07. The molecule has 5 nitrogen and oxygen atoms in total. The summed E-state index contributed by atoms with van der Waals surface area (Å²) in [5.74, 6) is 0.751. The number of anilines is 1. The quantitative estimate of drug-likeness (QED) is 0.595. The Labute approximate surface area is 182 Å². The fourth-order valence-corrected chi connectivity index (χ4v) is 4.06. The van der Waals surface area contributed by atoms with Gasteiger partial charge in [0, 0.05) is 38.4 Å². The molecule has 1 aliphatic rings. The molecule has 0 radical (unpaired) electrons. The maximum Gasteiger partial charge on any atom is 0.238 e. The van der Waals surface area contributed by atoms with Gasteiger partial charge in [-0.3, -0.25) is 9.69 Å². The number of thiocarbonyl (C=S) groups is 1. The molecular weight excluding hydrogens is 380 g/mol. The van der Waals surface area contributed by atoms with Crippen molar-refractivity contribution in [2.75, 3.05) is 44.6 Å². The zero-order valence-corrected chi connectivity index (χ0v) is 19.4. The van der Waals surface area contributed by atoms with Gasteiger partial charge in [-0.25, -0.2) is 0 Å². The SMILES string of the molecule is CCCC[C@H](CC)CNC(=S)N1CCN(CC(=O)Nc2c(C)cccc2C)CC1. The summed E-state index contributed by atoms with van der Waals surface area (Å²) in [5.41, 5.74) is 3.14. The molecule has 0 saturated carbocycles. The van der Waals surface area contributed by atoms with Crippen LogP contribution in [0.25, 0.3) is 0 Å². The Morgan fingerprint density at radius 1 is 1.14 bits per heavy atom. The van der Waals surface area contributed by atoms with E-state index in [4.69, 9.17) is 12.2 Å². The molecule has 1 aromatic carbocycles. The second-order valence-corrected chi connectivity index (χ2v) is 8.57. The van der Waals surface area contributed by atoms with Crippen LogP contribution in [0.3, 0.4) is 0 Å². The number of carbonyl (C=O) groups is 1. The number of carbonyl (C=O) groups excluding carboxylic acids is 1. The number of nitrogens with one attached hydrogen (secondary N) is 2. The molecule has 0 unspecified atom stereocenters. The monoisotopic (exact) mass is 418 g/mol. The van der Waals surface area contributed by atoms with Crippen molar-refractivity contribution in [1.82, 2.24) is 15.1 Å². The lowest BCUT2D eigenvalue weighted by atomic mass is 9.99. The van der Waals surface area contributed by atoms with Crippen LogP contribution in [0.4, 0.5) is 5.69 Å². The molecular formula is C23H38N4OS. The fraction of sp³-hybridized carbons (Fsp3) is 0.652. The van der Waals surface area contributed by atoms with Crippen LogP contribution >= 0.6 is 12.2 Å². The van der Waals surface area contributed by atoms with E-state index in [1.807, 2.05) is 32.0 Å². The van der Waals surface area contributed by atoms with Gasteiger partial charge in [0.2, 0.25) is 5.91 Å². The van der Waals surface area contributed by atoms with Crippen LogP contribution < -0.4 is 10.6 Å². The van der Waals surface area contributed by atoms with Crippen LogP contribution in [0, 0.1) is 19.8 Å². The van der Waals surface area contributed by atoms with Gasteiger partial charge in [-0.2, -0.15) is 0 Å². The Kier molecular flexibility index (Phi) is 9.88. The van der Waals surface area contributed by atoms with Crippen LogP contribution in [0.2, 0.25) is 0 Å². The van der Waals surface area contributed by atoms with Gasteiger partial charge in [-0.1, -0.05) is 51.3 Å². The summed E-state index contributed by atoms with van der Waals surface area (Å²) in [6.07, 6.45) is 5.00. The highest BCUT2D eigenvalue weighted by atomic mass is 32.1. The molecule has 2 N–H and O–H groups in total. The van der Waals surface area contributed by atoms with Gasteiger partial charge in [0.1, 0.15) is 0 Å². The minimum atomic E-state index is 0.0539. The zero-order chi connectivity index (χ0) is 21.2. The topological polar surface area (TPSA) is 47.6 Å². The van der Waals surface area contributed by atoms with Gasteiger partial charge in [-0.05, 0) is 49.5 Å². The molecule has 0 aromatic heterocycles. The first-order chi connectivity index (χ1) is 13.9. The lowest BCUT2D eigenvalue weighted by molar-refractivity contribution is -0.117. The minimum Gasteiger partial charge on any atom is -0.362 e. The summed E-state index contributed by atoms with van der Waals surface area (Å²) in [5, 5.41) is 7.42. The predicted octanol–water partition coefficient (Wildman–Crippen LogP) is 3.95. The first-order valence-electron chi connectivity index (χ1n) is 11.1. The number of piperazine rings is 1. The standard InChI is InChI=1S/C23H38N4OS/c1-5-7-11-20(6-2)16-24-23(29)27-14-12-26(13-15-27)17-21(28)25-22-18(3)9-8-10-19(22)4/h8-10,20H,5-7,11-17H2,1-4H3,(H,24,29)(H,25,28)/t20-/m0/s1. The number of amides is 1. The number of para-hydroxylation sites is 1. The Hall–Kier alpha value is -1.66. The first kappa shape index (κ1) is 23.6. The van der Waals surface area contributed by atoms with E-state index in [0.29, 0.717) is 12.5 Å². The molecule has 162 valence electrons. The van der Waals surface area contributed by atoms with Gasteiger partial charge < -0.3 is 15.5 Å². The second kappa shape index (κ2) is 12.1. The number of aryl methyl sites for hydroxylation is 2. The Balaban J connectivity index is 1.73. The predicted molar refractivity (Wildman–Crippen MR) is 126 cm³/mol. The maximum atomic E-state index is 12.5. The highest BCUT2D eigenvalue weighted by molar-refractivity contribution is 7.80. The largest absolute Gasteiger partial charge is 0.362 e. The van der Waals surface area contributed by atoms with E-state index in [1.165, 1.54) is 25.7 Å². The molecule has 1 fully saturated rings. The maximum absolute atomic E-state index is 12.5. The van der Waals surface area contributed by atoms with Gasteiger partial charge in [-0.15, -0.1) is 0 Å². The Morgan fingerprint density at radius 3 is 2.38 bits per heavy atom. The molecule has 6 heteroatoms. The molecule has 1 heterocycles. The summed E-state index contributed by atoms with van der Waals surface area (Å²) >= 11 is 5.61. The van der Waals surface area contributed by atoms with Crippen molar-refractivity contribution in [3.63, 3.8) is 0 Å². The number of hydrogen-bond acceptors (Lipinski definition) is 3. The average Bonchev–Trinajstić information content (AvgIpc) is 2.71. The van der Waals surface area contributed by atoms with E-state index in [0.717, 1.165) is 54.7 Å². The van der Waals surface area contributed by atoms with Gasteiger partial charge >= 0.3 is 0 Å². The van der Waals surface area contributed by atoms with Gasteiger partial charge in [0.25, 0.3) is 0 Å². The van der Waals surface area contributed by atoms with Crippen LogP contribution in [-0.4, -0.2) is 60.1 Å². The highest BCUT2D eigenvalue weighted by Gasteiger charge is 2.21. The Bertz CT molecular complexity index is 651. The van der Waals surface area contributed by atoms with Crippen molar-refractivity contribution >= 4 is 28.9 Å². The van der Waals surface area contributed by atoms with Crippen LogP contribution in [-0.2, 0) is 4.79 Å². The fourth-order valence-electron chi connectivity index (χ4n) is 3.79. The van der Waals surface area contributed by atoms with E-state index in [-0.39, 0.29) is 5.91 Å². The lowest BCUT2D eigenvalue weighted by Crippen LogP contribution is -2.53. The molecule has 0 spiro atoms. The summed E-state index contributed by atoms with van der Waals surface area (Å²) in [6.45, 7) is 13.4. The van der Waals surface area contributed by atoms with Gasteiger partial charge in [0.05, 0.1) is 6.54 Å². The molecule has 1 aromatic rings. The number of unbranched alkanes of at least 4 members (excludes halogenated alkanes) is 1. The third-order valence-corrected chi connectivity index (χ3v) is 6.26. The molecule has 0 bridgehead atoms. The third kappa shape index (κ3) is 7.59. The number of rotatable bonds is 9. The average molecular weight is 419 g/mol. The summed E-state index contributed by atoms with van der Waals surface area (Å²) in [7, 11) is 0. The van der Waals surface area contributed by atoms with Crippen LogP contribution in [0.5, 0.6) is 0 Å². The Morgan fingerprint density at radius 2 is 1.79 bits per heavy atom. The van der Waals surface area contributed by atoms with Crippen molar-refractivity contribution in [3.8, 4) is 0 Å². The minimum absolute atomic E-state index is 0.0539. The number of benzene rings is 1. The summed E-state index contributed by atoms with van der Waals surface area (Å²) in [4.78, 5) is 16.9. The highest BCUT2D eigenvalue weighted by Crippen LogP contribution is 2.19. The summed E-state index contributed by atoms with van der Waals surface area (Å²) < 4.78 is 0. The lowest BCUT2D eigenvalue weighted by Gasteiger charge is -2.36. The molecule has 1 atom stereocenters. The van der Waals surface area contributed by atoms with Crippen LogP contribution in [0.15, 0.2) is 18.2 Å². The van der Waals surface area contributed by atoms with Crippen molar-refractivity contribution in [2.24, 2.45) is 5.92 Å². The third-order valence-electron chi connectivity index (χ3n) is 5.86. The van der Waals surface area contributed by atoms with Crippen molar-refractivity contribution in [3.05, 3.63) is 29.3 Å². The number of nitrogens with zero attached hydrogens (tertiary/aromatic N) is 2. The van der Waals surface area contributed by atoms with Gasteiger partial charge in [0.15, 0.2) is 5.11 Å². The van der Waals surface area contributed by atoms with Crippen LogP contribution in [0.1, 0.15) is 50.7 Å². The molecule has 0 aliphatic carbocycles. The smallest absolute Gasteiger partial charge is 0.238 e. The van der Waals surface area contributed by atoms with E-state index < -0.39 is 0 Å². The molecule has 1 aliphatic heterocycles. The first-order valence-corrected chi connectivity index (χ1v) is 11.5. The van der Waals surface area contributed by atoms with E-state index >= 15 is 0 Å². The van der Waals surface area contributed by atoms with E-state index in [9.17, 15) is 4.79 Å². The molecule has 1 amide bonds. The normalized spacial score (nSPS) is 15.8. The molecule has 2 rings (SSSR count). The van der Waals surface area contributed by atoms with Crippen molar-refractivity contribution in [1.29, 1.82) is 0 Å². The zero-order valence-electron chi connectivity index (χ0n) is 18.6. The molecule has 1 saturated heterocycles. The number of hydrogen-bond donors (Lipinski definition) is 2. The molecule has 29 heavy (non-hydrogen) atoms.